The van der Waals surface area contributed by atoms with Crippen LogP contribution in [-0.4, -0.2) is 35.6 Å². The molecule has 4 aliphatic rings. The second-order valence-electron chi connectivity index (χ2n) is 7.88. The van der Waals surface area contributed by atoms with E-state index >= 15 is 0 Å². The van der Waals surface area contributed by atoms with E-state index in [2.05, 4.69) is 11.0 Å². The number of fused-ring (bicyclic) bond motifs is 1. The molecule has 5 rings (SSSR count). The van der Waals surface area contributed by atoms with Crippen LogP contribution in [0.5, 0.6) is 5.75 Å². The zero-order chi connectivity index (χ0) is 17.6. The summed E-state index contributed by atoms with van der Waals surface area (Å²) in [6.07, 6.45) is 12.2. The first-order valence-electron chi connectivity index (χ1n) is 9.83. The number of Topliss-reactive ketones (excluding diaryl/α,β-unsaturated/α-hetero) is 1. The quantitative estimate of drug-likeness (QED) is 0.811. The Morgan fingerprint density at radius 1 is 1.15 bits per heavy atom. The molecule has 4 heteroatoms. The van der Waals surface area contributed by atoms with Crippen molar-refractivity contribution in [2.45, 2.75) is 57.0 Å². The number of nitrogens with zero attached hydrogens (tertiary/aromatic N) is 1. The average Bonchev–Trinajstić information content (AvgIpc) is 2.62. The molecule has 1 saturated carbocycles. The fourth-order valence-electron chi connectivity index (χ4n) is 4.43. The number of rotatable bonds is 2. The van der Waals surface area contributed by atoms with E-state index in [9.17, 15) is 4.79 Å². The Balaban J connectivity index is 1.32. The van der Waals surface area contributed by atoms with Crippen molar-refractivity contribution in [2.24, 2.45) is 0 Å². The summed E-state index contributed by atoms with van der Waals surface area (Å²) in [7, 11) is 0. The van der Waals surface area contributed by atoms with Crippen LogP contribution in [-0.2, 0) is 16.1 Å². The molecule has 1 aromatic rings. The Morgan fingerprint density at radius 3 is 2.73 bits per heavy atom. The Kier molecular flexibility index (Phi) is 3.98. The highest BCUT2D eigenvalue weighted by Gasteiger charge is 2.42. The summed E-state index contributed by atoms with van der Waals surface area (Å²) in [6.45, 7) is 2.68. The van der Waals surface area contributed by atoms with Crippen molar-refractivity contribution in [3.8, 4) is 5.75 Å². The third kappa shape index (κ3) is 2.81. The lowest BCUT2D eigenvalue weighted by molar-refractivity contribution is -0.231. The summed E-state index contributed by atoms with van der Waals surface area (Å²) in [5.41, 5.74) is 2.78. The maximum atomic E-state index is 12.1. The van der Waals surface area contributed by atoms with Gasteiger partial charge in [0.1, 0.15) is 5.75 Å². The van der Waals surface area contributed by atoms with Gasteiger partial charge in [-0.15, -0.1) is 0 Å². The second kappa shape index (κ2) is 6.36. The minimum atomic E-state index is -0.461. The zero-order valence-electron chi connectivity index (χ0n) is 15.1. The van der Waals surface area contributed by atoms with Crippen molar-refractivity contribution in [3.63, 3.8) is 0 Å². The van der Waals surface area contributed by atoms with Gasteiger partial charge in [-0.25, -0.2) is 0 Å². The SMILES string of the molecule is O=C1CC=CC=C1c1ccc2c(c1)COC1(CCN(C3CCC3)CC1)O2. The minimum Gasteiger partial charge on any atom is -0.462 e. The molecule has 136 valence electrons. The van der Waals surface area contributed by atoms with Crippen LogP contribution in [0.1, 0.15) is 49.7 Å². The van der Waals surface area contributed by atoms with E-state index in [0.717, 1.165) is 54.4 Å². The molecule has 0 aromatic heterocycles. The predicted molar refractivity (Wildman–Crippen MR) is 99.8 cm³/mol. The number of hydrogen-bond acceptors (Lipinski definition) is 4. The number of allylic oxidation sites excluding steroid dienone is 4. The van der Waals surface area contributed by atoms with Crippen LogP contribution in [0.2, 0.25) is 0 Å². The Labute approximate surface area is 154 Å². The largest absolute Gasteiger partial charge is 0.462 e. The number of ketones is 1. The highest BCUT2D eigenvalue weighted by Crippen LogP contribution is 2.40. The first-order chi connectivity index (χ1) is 12.7. The number of carbonyl (C=O) groups is 1. The van der Waals surface area contributed by atoms with E-state index < -0.39 is 5.79 Å². The fourth-order valence-corrected chi connectivity index (χ4v) is 4.43. The molecule has 2 fully saturated rings. The van der Waals surface area contributed by atoms with Gasteiger partial charge in [-0.3, -0.25) is 9.69 Å². The van der Waals surface area contributed by atoms with Crippen molar-refractivity contribution in [2.75, 3.05) is 13.1 Å². The normalized spacial score (nSPS) is 25.4. The van der Waals surface area contributed by atoms with Crippen molar-refractivity contribution in [3.05, 3.63) is 47.6 Å². The van der Waals surface area contributed by atoms with Crippen molar-refractivity contribution >= 4 is 11.4 Å². The summed E-state index contributed by atoms with van der Waals surface area (Å²) in [6, 6.07) is 6.86. The third-order valence-electron chi connectivity index (χ3n) is 6.31. The molecule has 2 heterocycles. The highest BCUT2D eigenvalue weighted by atomic mass is 16.7. The molecule has 1 saturated heterocycles. The van der Waals surface area contributed by atoms with E-state index in [1.54, 1.807) is 0 Å². The number of hydrogen-bond donors (Lipinski definition) is 0. The topological polar surface area (TPSA) is 38.8 Å². The molecule has 0 bridgehead atoms. The summed E-state index contributed by atoms with van der Waals surface area (Å²) < 4.78 is 12.6. The summed E-state index contributed by atoms with van der Waals surface area (Å²) in [4.78, 5) is 14.7. The molecule has 1 aromatic carbocycles. The van der Waals surface area contributed by atoms with Crippen LogP contribution in [0.15, 0.2) is 36.4 Å². The summed E-state index contributed by atoms with van der Waals surface area (Å²) >= 11 is 0. The van der Waals surface area contributed by atoms with Gasteiger partial charge in [0.2, 0.25) is 5.79 Å². The van der Waals surface area contributed by atoms with Crippen molar-refractivity contribution in [1.29, 1.82) is 0 Å². The maximum Gasteiger partial charge on any atom is 0.213 e. The van der Waals surface area contributed by atoms with Crippen LogP contribution < -0.4 is 4.74 Å². The van der Waals surface area contributed by atoms with Gasteiger partial charge < -0.3 is 9.47 Å². The number of piperidine rings is 1. The molecular weight excluding hydrogens is 326 g/mol. The molecule has 0 amide bonds. The van der Waals surface area contributed by atoms with E-state index in [4.69, 9.17) is 9.47 Å². The van der Waals surface area contributed by atoms with Crippen molar-refractivity contribution < 1.29 is 14.3 Å². The first kappa shape index (κ1) is 16.3. The molecule has 1 spiro atoms. The number of likely N-dealkylation sites (tertiary alicyclic amines) is 1. The van der Waals surface area contributed by atoms with Crippen LogP contribution in [0.25, 0.3) is 5.57 Å². The Hall–Kier alpha value is -1.91. The summed E-state index contributed by atoms with van der Waals surface area (Å²) in [5, 5.41) is 0. The van der Waals surface area contributed by atoms with Crippen LogP contribution >= 0.6 is 0 Å². The van der Waals surface area contributed by atoms with Gasteiger partial charge in [0.15, 0.2) is 5.78 Å². The third-order valence-corrected chi connectivity index (χ3v) is 6.31. The van der Waals surface area contributed by atoms with Crippen LogP contribution in [0.4, 0.5) is 0 Å². The van der Waals surface area contributed by atoms with E-state index in [0.29, 0.717) is 13.0 Å². The Bertz CT molecular complexity index is 783. The van der Waals surface area contributed by atoms with Gasteiger partial charge in [-0.1, -0.05) is 30.7 Å². The molecule has 0 radical (unpaired) electrons. The molecule has 2 aliphatic carbocycles. The number of carbonyl (C=O) groups excluding carboxylic acids is 1. The number of ether oxygens (including phenoxy) is 2. The highest BCUT2D eigenvalue weighted by molar-refractivity contribution is 6.22. The number of benzene rings is 1. The average molecular weight is 351 g/mol. The van der Waals surface area contributed by atoms with Gasteiger partial charge in [0, 0.05) is 49.5 Å². The van der Waals surface area contributed by atoms with Gasteiger partial charge in [0.25, 0.3) is 0 Å². The maximum absolute atomic E-state index is 12.1. The zero-order valence-corrected chi connectivity index (χ0v) is 15.1. The van der Waals surface area contributed by atoms with E-state index in [-0.39, 0.29) is 5.78 Å². The Morgan fingerprint density at radius 2 is 2.00 bits per heavy atom. The lowest BCUT2D eigenvalue weighted by Gasteiger charge is -2.47. The second-order valence-corrected chi connectivity index (χ2v) is 7.88. The van der Waals surface area contributed by atoms with Gasteiger partial charge >= 0.3 is 0 Å². The monoisotopic (exact) mass is 351 g/mol. The lowest BCUT2D eigenvalue weighted by Crippen LogP contribution is -2.54. The smallest absolute Gasteiger partial charge is 0.213 e. The molecular formula is C22H25NO3. The molecule has 0 atom stereocenters. The molecule has 2 aliphatic heterocycles. The van der Waals surface area contributed by atoms with Crippen LogP contribution in [0, 0.1) is 0 Å². The molecule has 0 unspecified atom stereocenters. The van der Waals surface area contributed by atoms with Gasteiger partial charge in [0.05, 0.1) is 6.61 Å². The van der Waals surface area contributed by atoms with E-state index in [1.165, 1.54) is 19.3 Å². The van der Waals surface area contributed by atoms with E-state index in [1.807, 2.05) is 30.4 Å². The fraction of sp³-hybridized carbons (Fsp3) is 0.500. The molecule has 4 nitrogen and oxygen atoms in total. The van der Waals surface area contributed by atoms with Gasteiger partial charge in [-0.05, 0) is 30.5 Å². The summed E-state index contributed by atoms with van der Waals surface area (Å²) in [5.74, 6) is 0.624. The lowest BCUT2D eigenvalue weighted by atomic mass is 9.89. The standard InChI is InChI=1S/C22H25NO3/c24-20-7-2-1-6-19(20)16-8-9-21-17(14-16)15-25-22(26-21)10-12-23(13-11-22)18-4-3-5-18/h1-2,6,8-9,14,18H,3-5,7,10-13,15H2. The minimum absolute atomic E-state index is 0.171. The van der Waals surface area contributed by atoms with Crippen molar-refractivity contribution in [1.82, 2.24) is 4.90 Å². The molecule has 0 N–H and O–H groups in total. The molecule has 26 heavy (non-hydrogen) atoms. The van der Waals surface area contributed by atoms with Gasteiger partial charge in [-0.2, -0.15) is 0 Å². The first-order valence-corrected chi connectivity index (χ1v) is 9.83. The van der Waals surface area contributed by atoms with Crippen LogP contribution in [0.3, 0.4) is 0 Å². The predicted octanol–water partition coefficient (Wildman–Crippen LogP) is 3.85.